The third-order valence-corrected chi connectivity index (χ3v) is 5.28. The molecular weight excluding hydrogens is 359 g/mol. The molecule has 0 unspecified atom stereocenters. The maximum absolute atomic E-state index is 13.3. The Kier molecular flexibility index (Phi) is 6.49. The molecule has 1 fully saturated rings. The van der Waals surface area contributed by atoms with Gasteiger partial charge in [-0.3, -0.25) is 4.79 Å². The fourth-order valence-electron chi connectivity index (χ4n) is 3.79. The highest BCUT2D eigenvalue weighted by Gasteiger charge is 2.21. The third-order valence-electron chi connectivity index (χ3n) is 5.28. The number of aromatic nitrogens is 1. The second-order valence-electron chi connectivity index (χ2n) is 7.21. The van der Waals surface area contributed by atoms with E-state index in [2.05, 4.69) is 5.32 Å². The number of halogens is 1. The normalized spacial score (nSPS) is 14.2. The maximum Gasteiger partial charge on any atom is 0.339 e. The zero-order chi connectivity index (χ0) is 20.1. The zero-order valence-corrected chi connectivity index (χ0v) is 16.5. The van der Waals surface area contributed by atoms with E-state index in [1.807, 2.05) is 11.5 Å². The van der Waals surface area contributed by atoms with Gasteiger partial charge < -0.3 is 14.6 Å². The average molecular weight is 386 g/mol. The second-order valence-corrected chi connectivity index (χ2v) is 7.21. The molecular formula is C22H27FN2O3. The van der Waals surface area contributed by atoms with Gasteiger partial charge in [0.25, 0.3) is 0 Å². The molecule has 1 aliphatic carbocycles. The molecule has 1 aromatic heterocycles. The summed E-state index contributed by atoms with van der Waals surface area (Å²) in [6.07, 6.45) is 4.74. The first-order chi connectivity index (χ1) is 13.5. The lowest BCUT2D eigenvalue weighted by Gasteiger charge is -2.15. The van der Waals surface area contributed by atoms with Crippen molar-refractivity contribution in [3.63, 3.8) is 0 Å². The van der Waals surface area contributed by atoms with E-state index < -0.39 is 5.97 Å². The van der Waals surface area contributed by atoms with Crippen LogP contribution in [0.25, 0.3) is 11.3 Å². The van der Waals surface area contributed by atoms with Crippen LogP contribution in [0, 0.1) is 12.7 Å². The maximum atomic E-state index is 13.3. The van der Waals surface area contributed by atoms with Crippen LogP contribution in [0.1, 0.15) is 55.1 Å². The molecule has 3 rings (SSSR count). The molecule has 0 radical (unpaired) electrons. The van der Waals surface area contributed by atoms with Gasteiger partial charge in [-0.2, -0.15) is 0 Å². The van der Waals surface area contributed by atoms with E-state index >= 15 is 0 Å². The molecule has 1 aliphatic rings. The van der Waals surface area contributed by atoms with E-state index in [1.165, 1.54) is 25.0 Å². The molecule has 1 saturated carbocycles. The summed E-state index contributed by atoms with van der Waals surface area (Å²) in [4.78, 5) is 24.7. The predicted octanol–water partition coefficient (Wildman–Crippen LogP) is 4.23. The zero-order valence-electron chi connectivity index (χ0n) is 16.5. The van der Waals surface area contributed by atoms with Gasteiger partial charge in [0.05, 0.1) is 12.2 Å². The van der Waals surface area contributed by atoms with Crippen molar-refractivity contribution in [3.05, 3.63) is 47.4 Å². The van der Waals surface area contributed by atoms with Crippen molar-refractivity contribution >= 4 is 11.9 Å². The van der Waals surface area contributed by atoms with E-state index in [-0.39, 0.29) is 17.8 Å². The molecule has 0 saturated heterocycles. The highest BCUT2D eigenvalue weighted by atomic mass is 19.1. The van der Waals surface area contributed by atoms with Crippen molar-refractivity contribution in [2.24, 2.45) is 0 Å². The van der Waals surface area contributed by atoms with Crippen LogP contribution in [0.3, 0.4) is 0 Å². The van der Waals surface area contributed by atoms with E-state index in [4.69, 9.17) is 4.74 Å². The Morgan fingerprint density at radius 1 is 1.21 bits per heavy atom. The van der Waals surface area contributed by atoms with Crippen molar-refractivity contribution in [2.75, 3.05) is 6.61 Å². The fourth-order valence-corrected chi connectivity index (χ4v) is 3.79. The minimum atomic E-state index is -0.391. The molecule has 28 heavy (non-hydrogen) atoms. The second kappa shape index (κ2) is 9.04. The van der Waals surface area contributed by atoms with Gasteiger partial charge in [-0.1, -0.05) is 12.8 Å². The third kappa shape index (κ3) is 4.61. The van der Waals surface area contributed by atoms with E-state index in [0.717, 1.165) is 29.8 Å². The largest absolute Gasteiger partial charge is 0.462 e. The van der Waals surface area contributed by atoms with Crippen LogP contribution in [0.4, 0.5) is 4.39 Å². The SMILES string of the molecule is CCOC(=O)c1cc(-c2ccc(F)cc2)n(CCC(=O)NC2CCCC2)c1C. The number of carbonyl (C=O) groups excluding carboxylic acids is 2. The smallest absolute Gasteiger partial charge is 0.339 e. The van der Waals surface area contributed by atoms with Crippen molar-refractivity contribution in [1.82, 2.24) is 9.88 Å². The van der Waals surface area contributed by atoms with Crippen LogP contribution in [0.5, 0.6) is 0 Å². The Labute approximate surface area is 164 Å². The van der Waals surface area contributed by atoms with Crippen molar-refractivity contribution in [1.29, 1.82) is 0 Å². The summed E-state index contributed by atoms with van der Waals surface area (Å²) in [7, 11) is 0. The first kappa shape index (κ1) is 20.1. The molecule has 150 valence electrons. The summed E-state index contributed by atoms with van der Waals surface area (Å²) < 4.78 is 20.4. The fraction of sp³-hybridized carbons (Fsp3) is 0.455. The number of amides is 1. The number of benzene rings is 1. The van der Waals surface area contributed by atoms with Crippen LogP contribution in [-0.4, -0.2) is 29.1 Å². The molecule has 1 heterocycles. The number of hydrogen-bond donors (Lipinski definition) is 1. The van der Waals surface area contributed by atoms with E-state index in [9.17, 15) is 14.0 Å². The number of carbonyl (C=O) groups is 2. The minimum Gasteiger partial charge on any atom is -0.462 e. The molecule has 1 N–H and O–H groups in total. The number of nitrogens with one attached hydrogen (secondary N) is 1. The molecule has 6 heteroatoms. The Bertz CT molecular complexity index is 836. The number of esters is 1. The molecule has 0 aliphatic heterocycles. The predicted molar refractivity (Wildman–Crippen MR) is 106 cm³/mol. The molecule has 5 nitrogen and oxygen atoms in total. The lowest BCUT2D eigenvalue weighted by atomic mass is 10.1. The topological polar surface area (TPSA) is 60.3 Å². The van der Waals surface area contributed by atoms with Gasteiger partial charge in [-0.25, -0.2) is 9.18 Å². The summed E-state index contributed by atoms with van der Waals surface area (Å²) in [6.45, 7) is 4.34. The van der Waals surface area contributed by atoms with Crippen LogP contribution in [0.15, 0.2) is 30.3 Å². The van der Waals surface area contributed by atoms with Crippen molar-refractivity contribution in [3.8, 4) is 11.3 Å². The van der Waals surface area contributed by atoms with Gasteiger partial charge in [0.15, 0.2) is 0 Å². The Balaban J connectivity index is 1.83. The van der Waals surface area contributed by atoms with Gasteiger partial charge in [0.2, 0.25) is 5.91 Å². The van der Waals surface area contributed by atoms with Crippen LogP contribution in [-0.2, 0) is 16.1 Å². The molecule has 1 aromatic carbocycles. The molecule has 2 aromatic rings. The summed E-state index contributed by atoms with van der Waals surface area (Å²) in [5.74, 6) is -0.694. The monoisotopic (exact) mass is 386 g/mol. The first-order valence-corrected chi connectivity index (χ1v) is 9.92. The standard InChI is InChI=1S/C22H27FN2O3/c1-3-28-22(27)19-14-20(16-8-10-17(23)11-9-16)25(15(19)2)13-12-21(26)24-18-6-4-5-7-18/h8-11,14,18H,3-7,12-13H2,1-2H3,(H,24,26). The van der Waals surface area contributed by atoms with E-state index in [0.29, 0.717) is 25.1 Å². The highest BCUT2D eigenvalue weighted by molar-refractivity contribution is 5.92. The number of hydrogen-bond acceptors (Lipinski definition) is 3. The van der Waals surface area contributed by atoms with Crippen LogP contribution < -0.4 is 5.32 Å². The number of rotatable bonds is 7. The van der Waals surface area contributed by atoms with Gasteiger partial charge in [-0.05, 0) is 62.6 Å². The van der Waals surface area contributed by atoms with Gasteiger partial charge in [-0.15, -0.1) is 0 Å². The molecule has 0 spiro atoms. The van der Waals surface area contributed by atoms with Crippen molar-refractivity contribution in [2.45, 2.75) is 58.5 Å². The van der Waals surface area contributed by atoms with Crippen LogP contribution >= 0.6 is 0 Å². The lowest BCUT2D eigenvalue weighted by Crippen LogP contribution is -2.33. The summed E-state index contributed by atoms with van der Waals surface area (Å²) in [6, 6.07) is 8.17. The average Bonchev–Trinajstić information content (AvgIpc) is 3.29. The summed E-state index contributed by atoms with van der Waals surface area (Å²) in [5, 5.41) is 3.09. The number of nitrogens with zero attached hydrogens (tertiary/aromatic N) is 1. The Morgan fingerprint density at radius 2 is 1.89 bits per heavy atom. The molecule has 0 atom stereocenters. The minimum absolute atomic E-state index is 0.0164. The molecule has 0 bridgehead atoms. The van der Waals surface area contributed by atoms with Crippen molar-refractivity contribution < 1.29 is 18.7 Å². The lowest BCUT2D eigenvalue weighted by molar-refractivity contribution is -0.122. The summed E-state index contributed by atoms with van der Waals surface area (Å²) >= 11 is 0. The van der Waals surface area contributed by atoms with Crippen LogP contribution in [0.2, 0.25) is 0 Å². The Hall–Kier alpha value is -2.63. The number of ether oxygens (including phenoxy) is 1. The Morgan fingerprint density at radius 3 is 2.54 bits per heavy atom. The summed E-state index contributed by atoms with van der Waals surface area (Å²) in [5.41, 5.74) is 2.77. The first-order valence-electron chi connectivity index (χ1n) is 9.92. The van der Waals surface area contributed by atoms with E-state index in [1.54, 1.807) is 25.1 Å². The van der Waals surface area contributed by atoms with Gasteiger partial charge in [0.1, 0.15) is 5.82 Å². The highest BCUT2D eigenvalue weighted by Crippen LogP contribution is 2.27. The quantitative estimate of drug-likeness (QED) is 0.725. The molecule has 1 amide bonds. The van der Waals surface area contributed by atoms with Gasteiger partial charge >= 0.3 is 5.97 Å². The van der Waals surface area contributed by atoms with Gasteiger partial charge in [0, 0.05) is 30.4 Å².